The average molecular weight is 337 g/mol. The molecule has 0 amide bonds. The minimum atomic E-state index is -4.56. The molecule has 0 saturated carbocycles. The summed E-state index contributed by atoms with van der Waals surface area (Å²) in [6, 6.07) is 4.00. The molecule has 0 aromatic heterocycles. The fourth-order valence-electron chi connectivity index (χ4n) is 2.83. The zero-order chi connectivity index (χ0) is 16.4. The van der Waals surface area contributed by atoms with Gasteiger partial charge >= 0.3 is 6.18 Å². The van der Waals surface area contributed by atoms with Crippen molar-refractivity contribution >= 4 is 10.0 Å². The molecule has 1 heterocycles. The lowest BCUT2D eigenvalue weighted by atomic mass is 10.2. The molecule has 0 spiro atoms. The predicted octanol–water partition coefficient (Wildman–Crippen LogP) is 1.05. The van der Waals surface area contributed by atoms with Crippen LogP contribution in [0.15, 0.2) is 29.2 Å². The van der Waals surface area contributed by atoms with E-state index in [1.54, 1.807) is 0 Å². The van der Waals surface area contributed by atoms with Crippen molar-refractivity contribution in [2.75, 3.05) is 19.6 Å². The lowest BCUT2D eigenvalue weighted by Gasteiger charge is -2.20. The molecule has 0 aliphatic carbocycles. The van der Waals surface area contributed by atoms with Crippen LogP contribution in [-0.2, 0) is 16.2 Å². The number of alkyl halides is 3. The highest BCUT2D eigenvalue weighted by Crippen LogP contribution is 2.30. The van der Waals surface area contributed by atoms with E-state index in [1.165, 1.54) is 11.0 Å². The van der Waals surface area contributed by atoms with E-state index in [2.05, 4.69) is 4.72 Å². The summed E-state index contributed by atoms with van der Waals surface area (Å²) in [7, 11) is -3.93. The van der Waals surface area contributed by atoms with Crippen LogP contribution in [0.2, 0.25) is 0 Å². The second-order valence-electron chi connectivity index (χ2n) is 5.48. The molecule has 2 atom stereocenters. The predicted molar refractivity (Wildman–Crippen MR) is 76.0 cm³/mol. The maximum absolute atomic E-state index is 12.7. The molecular formula is C14H20F3N2O2S+. The monoisotopic (exact) mass is 337 g/mol. The first kappa shape index (κ1) is 17.2. The second kappa shape index (κ2) is 6.55. The van der Waals surface area contributed by atoms with Gasteiger partial charge < -0.3 is 4.90 Å². The molecule has 0 bridgehead atoms. The van der Waals surface area contributed by atoms with Gasteiger partial charge in [0.1, 0.15) is 6.04 Å². The maximum atomic E-state index is 12.7. The SMILES string of the molecule is CC[NH+]1CCC[C@@H]1CNS(=O)(=O)c1cccc(C(F)(F)F)c1. The molecule has 2 rings (SSSR count). The third-order valence-electron chi connectivity index (χ3n) is 4.07. The Bertz CT molecular complexity index is 617. The van der Waals surface area contributed by atoms with Gasteiger partial charge in [0.25, 0.3) is 0 Å². The summed E-state index contributed by atoms with van der Waals surface area (Å²) in [5.41, 5.74) is -0.961. The number of benzene rings is 1. The minimum Gasteiger partial charge on any atom is -0.332 e. The quantitative estimate of drug-likeness (QED) is 0.844. The number of rotatable bonds is 5. The number of nitrogens with one attached hydrogen (secondary N) is 2. The average Bonchev–Trinajstić information content (AvgIpc) is 2.92. The molecule has 4 nitrogen and oxygen atoms in total. The first-order valence-corrected chi connectivity index (χ1v) is 8.74. The summed E-state index contributed by atoms with van der Waals surface area (Å²) >= 11 is 0. The highest BCUT2D eigenvalue weighted by Gasteiger charge is 2.32. The van der Waals surface area contributed by atoms with E-state index in [1.807, 2.05) is 6.92 Å². The van der Waals surface area contributed by atoms with Crippen molar-refractivity contribution in [3.63, 3.8) is 0 Å². The van der Waals surface area contributed by atoms with Crippen LogP contribution < -0.4 is 9.62 Å². The molecule has 2 N–H and O–H groups in total. The fraction of sp³-hybridized carbons (Fsp3) is 0.571. The summed E-state index contributed by atoms with van der Waals surface area (Å²) in [6.07, 6.45) is -2.59. The minimum absolute atomic E-state index is 0.186. The van der Waals surface area contributed by atoms with Crippen LogP contribution in [-0.4, -0.2) is 34.1 Å². The van der Waals surface area contributed by atoms with E-state index >= 15 is 0 Å². The molecule has 124 valence electrons. The summed E-state index contributed by atoms with van der Waals surface area (Å²) in [6.45, 7) is 4.21. The first-order chi connectivity index (χ1) is 10.2. The number of likely N-dealkylation sites (tertiary alicyclic amines) is 1. The number of sulfonamides is 1. The van der Waals surface area contributed by atoms with E-state index in [4.69, 9.17) is 0 Å². The van der Waals surface area contributed by atoms with Crippen LogP contribution in [0.25, 0.3) is 0 Å². The van der Waals surface area contributed by atoms with E-state index < -0.39 is 21.8 Å². The van der Waals surface area contributed by atoms with Gasteiger partial charge in [-0.2, -0.15) is 13.2 Å². The maximum Gasteiger partial charge on any atom is 0.416 e. The van der Waals surface area contributed by atoms with Crippen LogP contribution in [0.5, 0.6) is 0 Å². The number of quaternary nitrogens is 1. The third-order valence-corrected chi connectivity index (χ3v) is 5.49. The van der Waals surface area contributed by atoms with Gasteiger partial charge in [0.15, 0.2) is 0 Å². The first-order valence-electron chi connectivity index (χ1n) is 7.25. The van der Waals surface area contributed by atoms with Crippen LogP contribution in [0.1, 0.15) is 25.3 Å². The Kier molecular flexibility index (Phi) is 5.14. The van der Waals surface area contributed by atoms with Crippen molar-refractivity contribution in [3.8, 4) is 0 Å². The van der Waals surface area contributed by atoms with Crippen molar-refractivity contribution in [2.24, 2.45) is 0 Å². The molecule has 1 aliphatic rings. The highest BCUT2D eigenvalue weighted by molar-refractivity contribution is 7.89. The number of hydrogen-bond donors (Lipinski definition) is 2. The lowest BCUT2D eigenvalue weighted by Crippen LogP contribution is -3.14. The normalized spacial score (nSPS) is 22.9. The van der Waals surface area contributed by atoms with Gasteiger partial charge in [-0.05, 0) is 25.1 Å². The van der Waals surface area contributed by atoms with Gasteiger partial charge in [0, 0.05) is 12.8 Å². The second-order valence-corrected chi connectivity index (χ2v) is 7.25. The summed E-state index contributed by atoms with van der Waals surface area (Å²) in [5.74, 6) is 0. The number of halogens is 3. The smallest absolute Gasteiger partial charge is 0.332 e. The Morgan fingerprint density at radius 3 is 2.73 bits per heavy atom. The Hall–Kier alpha value is -1.12. The van der Waals surface area contributed by atoms with Gasteiger partial charge in [-0.25, -0.2) is 13.1 Å². The van der Waals surface area contributed by atoms with Crippen LogP contribution >= 0.6 is 0 Å². The van der Waals surface area contributed by atoms with Crippen LogP contribution in [0.4, 0.5) is 13.2 Å². The molecular weight excluding hydrogens is 317 g/mol. The molecule has 22 heavy (non-hydrogen) atoms. The van der Waals surface area contributed by atoms with Crippen molar-refractivity contribution in [3.05, 3.63) is 29.8 Å². The Balaban J connectivity index is 2.10. The van der Waals surface area contributed by atoms with Gasteiger partial charge in [-0.1, -0.05) is 6.07 Å². The Morgan fingerprint density at radius 2 is 2.09 bits per heavy atom. The molecule has 8 heteroatoms. The fourth-order valence-corrected chi connectivity index (χ4v) is 3.96. The van der Waals surface area contributed by atoms with Gasteiger partial charge in [-0.15, -0.1) is 0 Å². The summed E-state index contributed by atoms with van der Waals surface area (Å²) in [5, 5.41) is 0. The van der Waals surface area contributed by atoms with Crippen molar-refractivity contribution in [1.82, 2.24) is 4.72 Å². The molecule has 1 unspecified atom stereocenters. The number of hydrogen-bond acceptors (Lipinski definition) is 2. The third kappa shape index (κ3) is 3.99. The zero-order valence-corrected chi connectivity index (χ0v) is 13.1. The molecule has 1 aromatic rings. The summed E-state index contributed by atoms with van der Waals surface area (Å²) in [4.78, 5) is 0.977. The molecule has 1 aromatic carbocycles. The van der Waals surface area contributed by atoms with Gasteiger partial charge in [0.2, 0.25) is 10.0 Å². The topological polar surface area (TPSA) is 50.6 Å². The van der Waals surface area contributed by atoms with Crippen LogP contribution in [0.3, 0.4) is 0 Å². The van der Waals surface area contributed by atoms with E-state index in [0.29, 0.717) is 6.07 Å². The standard InChI is InChI=1S/C14H19F3N2O2S/c1-2-19-8-4-6-12(19)10-18-22(20,21)13-7-3-5-11(9-13)14(15,16)17/h3,5,7,9,12,18H,2,4,6,8,10H2,1H3/p+1/t12-/m1/s1. The van der Waals surface area contributed by atoms with E-state index in [9.17, 15) is 21.6 Å². The van der Waals surface area contributed by atoms with Gasteiger partial charge in [0.05, 0.1) is 30.1 Å². The van der Waals surface area contributed by atoms with Crippen molar-refractivity contribution in [1.29, 1.82) is 0 Å². The van der Waals surface area contributed by atoms with Gasteiger partial charge in [-0.3, -0.25) is 0 Å². The van der Waals surface area contributed by atoms with Crippen molar-refractivity contribution in [2.45, 2.75) is 36.9 Å². The molecule has 1 saturated heterocycles. The van der Waals surface area contributed by atoms with E-state index in [0.717, 1.165) is 38.1 Å². The lowest BCUT2D eigenvalue weighted by molar-refractivity contribution is -0.909. The zero-order valence-electron chi connectivity index (χ0n) is 12.3. The van der Waals surface area contributed by atoms with E-state index in [-0.39, 0.29) is 17.5 Å². The molecule has 1 aliphatic heterocycles. The summed E-state index contributed by atoms with van der Waals surface area (Å²) < 4.78 is 64.8. The molecule has 0 radical (unpaired) electrons. The molecule has 1 fully saturated rings. The highest BCUT2D eigenvalue weighted by atomic mass is 32.2. The Labute approximate surface area is 128 Å². The largest absolute Gasteiger partial charge is 0.416 e. The van der Waals surface area contributed by atoms with Crippen molar-refractivity contribution < 1.29 is 26.5 Å². The van der Waals surface area contributed by atoms with Crippen LogP contribution in [0, 0.1) is 0 Å². The number of likely N-dealkylation sites (N-methyl/N-ethyl adjacent to an activating group) is 1. The Morgan fingerprint density at radius 1 is 1.36 bits per heavy atom.